The summed E-state index contributed by atoms with van der Waals surface area (Å²) in [6, 6.07) is 3.80. The minimum Gasteiger partial charge on any atom is -0.399 e. The van der Waals surface area contributed by atoms with Crippen LogP contribution in [-0.2, 0) is 25.3 Å². The van der Waals surface area contributed by atoms with Crippen LogP contribution in [-0.4, -0.2) is 60.4 Å². The molecule has 0 aliphatic carbocycles. The van der Waals surface area contributed by atoms with Crippen LogP contribution in [0.1, 0.15) is 33.4 Å². The number of carbonyl (C=O) groups excluding carboxylic acids is 1. The molecule has 0 radical (unpaired) electrons. The first kappa shape index (κ1) is 17.4. The van der Waals surface area contributed by atoms with E-state index in [1.807, 2.05) is 44.7 Å². The van der Waals surface area contributed by atoms with Crippen molar-refractivity contribution in [2.75, 3.05) is 26.3 Å². The molecule has 0 saturated carbocycles. The summed E-state index contributed by atoms with van der Waals surface area (Å²) in [4.78, 5) is 18.5. The Labute approximate surface area is 143 Å². The standard InChI is InChI=1S/C17H25BN2O4/c1-16(2)17(3,4)24-18(23-16)13-5-6-14(19-12-13)11-15(21)20-7-9-22-10-8-20/h5-6,12H,7-11H2,1-4H3. The van der Waals surface area contributed by atoms with Gasteiger partial charge in [-0.2, -0.15) is 0 Å². The quantitative estimate of drug-likeness (QED) is 0.766. The molecule has 2 aliphatic heterocycles. The Morgan fingerprint density at radius 3 is 2.33 bits per heavy atom. The number of pyridine rings is 1. The normalized spacial score (nSPS) is 22.7. The number of amides is 1. The zero-order valence-electron chi connectivity index (χ0n) is 14.9. The third-order valence-electron chi connectivity index (χ3n) is 5.07. The average Bonchev–Trinajstić information content (AvgIpc) is 2.77. The molecule has 0 spiro atoms. The first-order chi connectivity index (χ1) is 11.3. The molecule has 0 atom stereocenters. The first-order valence-electron chi connectivity index (χ1n) is 8.44. The number of ether oxygens (including phenoxy) is 1. The van der Waals surface area contributed by atoms with Crippen LogP contribution in [0.25, 0.3) is 0 Å². The molecule has 2 fully saturated rings. The highest BCUT2D eigenvalue weighted by Crippen LogP contribution is 2.36. The van der Waals surface area contributed by atoms with Gasteiger partial charge in [-0.1, -0.05) is 6.07 Å². The zero-order valence-corrected chi connectivity index (χ0v) is 14.9. The monoisotopic (exact) mass is 332 g/mol. The molecule has 2 aliphatic rings. The van der Waals surface area contributed by atoms with E-state index in [1.54, 1.807) is 6.20 Å². The van der Waals surface area contributed by atoms with E-state index in [2.05, 4.69) is 4.98 Å². The van der Waals surface area contributed by atoms with Crippen molar-refractivity contribution in [2.24, 2.45) is 0 Å². The lowest BCUT2D eigenvalue weighted by molar-refractivity contribution is -0.134. The fourth-order valence-electron chi connectivity index (χ4n) is 2.74. The molecule has 1 aromatic rings. The highest BCUT2D eigenvalue weighted by atomic mass is 16.7. The molecule has 24 heavy (non-hydrogen) atoms. The van der Waals surface area contributed by atoms with E-state index in [4.69, 9.17) is 14.0 Å². The molecule has 1 aromatic heterocycles. The number of aromatic nitrogens is 1. The van der Waals surface area contributed by atoms with E-state index in [-0.39, 0.29) is 17.1 Å². The Hall–Kier alpha value is -1.44. The van der Waals surface area contributed by atoms with Crippen molar-refractivity contribution >= 4 is 18.5 Å². The summed E-state index contributed by atoms with van der Waals surface area (Å²) < 4.78 is 17.3. The van der Waals surface area contributed by atoms with Crippen molar-refractivity contribution in [3.05, 3.63) is 24.0 Å². The lowest BCUT2D eigenvalue weighted by Crippen LogP contribution is -2.41. The molecule has 2 saturated heterocycles. The molecule has 0 N–H and O–H groups in total. The Kier molecular flexibility index (Phi) is 4.68. The van der Waals surface area contributed by atoms with Crippen LogP contribution in [0.15, 0.2) is 18.3 Å². The Morgan fingerprint density at radius 2 is 1.79 bits per heavy atom. The Morgan fingerprint density at radius 1 is 1.17 bits per heavy atom. The molecule has 7 heteroatoms. The van der Waals surface area contributed by atoms with Gasteiger partial charge >= 0.3 is 7.12 Å². The number of nitrogens with zero attached hydrogens (tertiary/aromatic N) is 2. The van der Waals surface area contributed by atoms with Crippen LogP contribution >= 0.6 is 0 Å². The predicted molar refractivity (Wildman–Crippen MR) is 91.1 cm³/mol. The van der Waals surface area contributed by atoms with Crippen LogP contribution in [0.3, 0.4) is 0 Å². The van der Waals surface area contributed by atoms with E-state index >= 15 is 0 Å². The number of morpholine rings is 1. The van der Waals surface area contributed by atoms with E-state index in [0.29, 0.717) is 32.7 Å². The second-order valence-electron chi connectivity index (χ2n) is 7.34. The maximum atomic E-state index is 12.3. The SMILES string of the molecule is CC1(C)OB(c2ccc(CC(=O)N3CCOCC3)nc2)OC1(C)C. The van der Waals surface area contributed by atoms with Gasteiger partial charge in [-0.3, -0.25) is 9.78 Å². The minimum atomic E-state index is -0.425. The third kappa shape index (κ3) is 3.48. The lowest BCUT2D eigenvalue weighted by Gasteiger charge is -2.32. The average molecular weight is 332 g/mol. The van der Waals surface area contributed by atoms with Crippen LogP contribution in [0.5, 0.6) is 0 Å². The molecular weight excluding hydrogens is 307 g/mol. The van der Waals surface area contributed by atoms with Gasteiger partial charge in [0.2, 0.25) is 5.91 Å². The fourth-order valence-corrected chi connectivity index (χ4v) is 2.74. The van der Waals surface area contributed by atoms with Gasteiger partial charge < -0.3 is 18.9 Å². The second-order valence-corrected chi connectivity index (χ2v) is 7.34. The summed E-state index contributed by atoms with van der Waals surface area (Å²) in [6.45, 7) is 10.6. The largest absolute Gasteiger partial charge is 0.496 e. The van der Waals surface area contributed by atoms with Gasteiger partial charge in [-0.25, -0.2) is 0 Å². The van der Waals surface area contributed by atoms with Crippen LogP contribution in [0, 0.1) is 0 Å². The predicted octanol–water partition coefficient (Wildman–Crippen LogP) is 0.782. The number of hydrogen-bond acceptors (Lipinski definition) is 5. The van der Waals surface area contributed by atoms with Crippen molar-refractivity contribution < 1.29 is 18.8 Å². The molecule has 3 heterocycles. The Balaban J connectivity index is 1.63. The van der Waals surface area contributed by atoms with E-state index in [9.17, 15) is 4.79 Å². The molecule has 3 rings (SSSR count). The number of rotatable bonds is 3. The lowest BCUT2D eigenvalue weighted by atomic mass is 9.80. The van der Waals surface area contributed by atoms with Crippen molar-refractivity contribution in [1.29, 1.82) is 0 Å². The van der Waals surface area contributed by atoms with Crippen LogP contribution in [0.4, 0.5) is 0 Å². The Bertz CT molecular complexity index is 581. The van der Waals surface area contributed by atoms with Gasteiger partial charge in [-0.05, 0) is 33.8 Å². The van der Waals surface area contributed by atoms with Gasteiger partial charge in [0.05, 0.1) is 30.8 Å². The highest BCUT2D eigenvalue weighted by molar-refractivity contribution is 6.62. The number of hydrogen-bond donors (Lipinski definition) is 0. The summed E-state index contributed by atoms with van der Waals surface area (Å²) in [5.74, 6) is 0.0918. The fraction of sp³-hybridized carbons (Fsp3) is 0.647. The molecule has 6 nitrogen and oxygen atoms in total. The maximum Gasteiger partial charge on any atom is 0.496 e. The summed E-state index contributed by atoms with van der Waals surface area (Å²) in [7, 11) is -0.425. The zero-order chi connectivity index (χ0) is 17.4. The molecule has 0 bridgehead atoms. The summed E-state index contributed by atoms with van der Waals surface area (Å²) in [6.07, 6.45) is 2.05. The number of carbonyl (C=O) groups is 1. The smallest absolute Gasteiger partial charge is 0.399 e. The molecule has 1 amide bonds. The summed E-state index contributed by atoms with van der Waals surface area (Å²) in [5.41, 5.74) is 0.883. The van der Waals surface area contributed by atoms with Gasteiger partial charge in [-0.15, -0.1) is 0 Å². The van der Waals surface area contributed by atoms with Crippen molar-refractivity contribution in [3.63, 3.8) is 0 Å². The second kappa shape index (κ2) is 6.46. The van der Waals surface area contributed by atoms with Gasteiger partial charge in [0.25, 0.3) is 0 Å². The summed E-state index contributed by atoms with van der Waals surface area (Å²) in [5, 5.41) is 0. The highest BCUT2D eigenvalue weighted by Gasteiger charge is 2.51. The minimum absolute atomic E-state index is 0.0918. The maximum absolute atomic E-state index is 12.3. The molecular formula is C17H25BN2O4. The van der Waals surface area contributed by atoms with E-state index in [1.165, 1.54) is 0 Å². The van der Waals surface area contributed by atoms with Gasteiger partial charge in [0.1, 0.15) is 0 Å². The van der Waals surface area contributed by atoms with Crippen LogP contribution in [0.2, 0.25) is 0 Å². The molecule has 130 valence electrons. The van der Waals surface area contributed by atoms with Gasteiger partial charge in [0, 0.05) is 30.4 Å². The molecule has 0 unspecified atom stereocenters. The van der Waals surface area contributed by atoms with Crippen molar-refractivity contribution in [3.8, 4) is 0 Å². The van der Waals surface area contributed by atoms with Crippen molar-refractivity contribution in [2.45, 2.75) is 45.3 Å². The van der Waals surface area contributed by atoms with Crippen LogP contribution < -0.4 is 5.46 Å². The van der Waals surface area contributed by atoms with Gasteiger partial charge in [0.15, 0.2) is 0 Å². The topological polar surface area (TPSA) is 60.9 Å². The van der Waals surface area contributed by atoms with E-state index in [0.717, 1.165) is 11.2 Å². The summed E-state index contributed by atoms with van der Waals surface area (Å²) >= 11 is 0. The first-order valence-corrected chi connectivity index (χ1v) is 8.44. The van der Waals surface area contributed by atoms with Crippen molar-refractivity contribution in [1.82, 2.24) is 9.88 Å². The third-order valence-corrected chi connectivity index (χ3v) is 5.07. The van der Waals surface area contributed by atoms with E-state index < -0.39 is 7.12 Å². The molecule has 0 aromatic carbocycles.